The number of halogens is 1. The predicted molar refractivity (Wildman–Crippen MR) is 146 cm³/mol. The van der Waals surface area contributed by atoms with E-state index >= 15 is 0 Å². The number of nitrogen functional groups attached to an aromatic ring is 1. The van der Waals surface area contributed by atoms with Crippen molar-refractivity contribution in [3.63, 3.8) is 0 Å². The van der Waals surface area contributed by atoms with Gasteiger partial charge in [-0.25, -0.2) is 4.79 Å². The van der Waals surface area contributed by atoms with E-state index in [1.807, 2.05) is 31.2 Å². The van der Waals surface area contributed by atoms with Gasteiger partial charge in [0.25, 0.3) is 0 Å². The summed E-state index contributed by atoms with van der Waals surface area (Å²) in [5.74, 6) is 0.324. The molecular formula is C28H37ClN4O4. The van der Waals surface area contributed by atoms with E-state index in [-0.39, 0.29) is 23.7 Å². The van der Waals surface area contributed by atoms with Crippen LogP contribution in [0.1, 0.15) is 62.1 Å². The smallest absolute Gasteiger partial charge is 0.320 e. The molecular weight excluding hydrogens is 492 g/mol. The normalized spacial score (nSPS) is 19.0. The van der Waals surface area contributed by atoms with Crippen molar-refractivity contribution in [1.29, 1.82) is 5.41 Å². The summed E-state index contributed by atoms with van der Waals surface area (Å²) in [5, 5.41) is 24.5. The molecule has 0 aliphatic heterocycles. The Balaban J connectivity index is 1.38. The second kappa shape index (κ2) is 13.6. The maximum Gasteiger partial charge on any atom is 0.320 e. The molecule has 0 spiro atoms. The molecule has 37 heavy (non-hydrogen) atoms. The highest BCUT2D eigenvalue weighted by Crippen LogP contribution is 2.29. The van der Waals surface area contributed by atoms with Crippen LogP contribution < -0.4 is 16.4 Å². The summed E-state index contributed by atoms with van der Waals surface area (Å²) in [6.45, 7) is 3.31. The predicted octanol–water partition coefficient (Wildman–Crippen LogP) is 4.73. The van der Waals surface area contributed by atoms with Gasteiger partial charge in [0.15, 0.2) is 12.1 Å². The van der Waals surface area contributed by atoms with Crippen LogP contribution in [0.4, 0.5) is 10.5 Å². The molecule has 1 fully saturated rings. The zero-order valence-electron chi connectivity index (χ0n) is 21.4. The molecule has 1 saturated carbocycles. The number of carbonyl (C=O) groups is 2. The van der Waals surface area contributed by atoms with Gasteiger partial charge in [0, 0.05) is 18.0 Å². The number of aliphatic hydroxyl groups is 1. The first-order chi connectivity index (χ1) is 17.6. The van der Waals surface area contributed by atoms with E-state index in [0.29, 0.717) is 35.0 Å². The van der Waals surface area contributed by atoms with Gasteiger partial charge < -0.3 is 20.9 Å². The monoisotopic (exact) mass is 528 g/mol. The zero-order valence-corrected chi connectivity index (χ0v) is 22.2. The highest BCUT2D eigenvalue weighted by atomic mass is 35.5. The van der Waals surface area contributed by atoms with E-state index in [1.165, 1.54) is 6.92 Å². The molecule has 1 aliphatic carbocycles. The Morgan fingerprint density at radius 3 is 2.49 bits per heavy atom. The number of urea groups is 1. The Hall–Kier alpha value is -2.94. The van der Waals surface area contributed by atoms with Crippen molar-refractivity contribution >= 4 is 34.9 Å². The fraction of sp³-hybridized carbons (Fsp3) is 0.464. The van der Waals surface area contributed by atoms with Gasteiger partial charge in [-0.05, 0) is 75.5 Å². The van der Waals surface area contributed by atoms with E-state index in [0.717, 1.165) is 43.2 Å². The quantitative estimate of drug-likeness (QED) is 0.131. The number of amidine groups is 1. The average Bonchev–Trinajstić information content (AvgIpc) is 2.86. The number of benzene rings is 2. The topological polar surface area (TPSA) is 138 Å². The van der Waals surface area contributed by atoms with Crippen LogP contribution in [0.25, 0.3) is 0 Å². The van der Waals surface area contributed by atoms with Crippen molar-refractivity contribution in [3.05, 3.63) is 64.2 Å². The number of aliphatic hydroxyl groups excluding tert-OH is 1. The summed E-state index contributed by atoms with van der Waals surface area (Å²) in [4.78, 5) is 24.4. The molecule has 0 heterocycles. The minimum absolute atomic E-state index is 0.0540. The summed E-state index contributed by atoms with van der Waals surface area (Å²) in [6.07, 6.45) is 3.24. The largest absolute Gasteiger partial charge is 0.397 e. The number of ether oxygens (including phenoxy) is 1. The molecule has 2 aromatic carbocycles. The van der Waals surface area contributed by atoms with Crippen molar-refractivity contribution in [3.8, 4) is 0 Å². The van der Waals surface area contributed by atoms with Crippen molar-refractivity contribution in [2.45, 2.75) is 77.2 Å². The molecule has 6 N–H and O–H groups in total. The Kier molecular flexibility index (Phi) is 10.5. The van der Waals surface area contributed by atoms with Crippen LogP contribution in [0.5, 0.6) is 0 Å². The van der Waals surface area contributed by atoms with E-state index < -0.39 is 12.4 Å². The van der Waals surface area contributed by atoms with E-state index in [1.54, 1.807) is 18.2 Å². The second-order valence-electron chi connectivity index (χ2n) is 9.84. The Labute approximate surface area is 223 Å². The first-order valence-corrected chi connectivity index (χ1v) is 13.1. The van der Waals surface area contributed by atoms with Gasteiger partial charge in [-0.15, -0.1) is 0 Å². The first kappa shape index (κ1) is 28.6. The van der Waals surface area contributed by atoms with Gasteiger partial charge in [0.05, 0.1) is 10.7 Å². The molecule has 2 amide bonds. The minimum atomic E-state index is -1.04. The fourth-order valence-corrected chi connectivity index (χ4v) is 4.98. The molecule has 200 valence electrons. The number of amides is 2. The lowest BCUT2D eigenvalue weighted by molar-refractivity contribution is -0.159. The summed E-state index contributed by atoms with van der Waals surface area (Å²) < 4.78 is 5.71. The molecule has 2 aromatic rings. The van der Waals surface area contributed by atoms with Crippen molar-refractivity contribution in [1.82, 2.24) is 10.6 Å². The molecule has 0 aromatic heterocycles. The van der Waals surface area contributed by atoms with Crippen LogP contribution >= 0.6 is 11.6 Å². The van der Waals surface area contributed by atoms with Crippen LogP contribution in [-0.2, 0) is 16.0 Å². The molecule has 1 unspecified atom stereocenters. The lowest BCUT2D eigenvalue weighted by Gasteiger charge is -2.30. The van der Waals surface area contributed by atoms with Crippen LogP contribution in [0.2, 0.25) is 5.02 Å². The molecule has 1 aliphatic rings. The number of nitrogens with one attached hydrogen (secondary N) is 3. The number of aryl methyl sites for hydroxylation is 1. The second-order valence-corrected chi connectivity index (χ2v) is 10.2. The van der Waals surface area contributed by atoms with Gasteiger partial charge >= 0.3 is 6.03 Å². The Bertz CT molecular complexity index is 1060. The third kappa shape index (κ3) is 8.84. The lowest BCUT2D eigenvalue weighted by atomic mass is 9.83. The van der Waals surface area contributed by atoms with Crippen molar-refractivity contribution < 1.29 is 19.4 Å². The van der Waals surface area contributed by atoms with Crippen molar-refractivity contribution in [2.75, 3.05) is 5.73 Å². The summed E-state index contributed by atoms with van der Waals surface area (Å²) in [6, 6.07) is 12.4. The van der Waals surface area contributed by atoms with Gasteiger partial charge in [-0.2, -0.15) is 0 Å². The van der Waals surface area contributed by atoms with Gasteiger partial charge in [0.2, 0.25) is 0 Å². The van der Waals surface area contributed by atoms with Crippen LogP contribution in [0.15, 0.2) is 42.5 Å². The van der Waals surface area contributed by atoms with E-state index in [9.17, 15) is 14.7 Å². The summed E-state index contributed by atoms with van der Waals surface area (Å²) >= 11 is 6.17. The maximum atomic E-state index is 12.3. The number of rotatable bonds is 10. The zero-order chi connectivity index (χ0) is 26.9. The highest BCUT2D eigenvalue weighted by molar-refractivity contribution is 6.33. The van der Waals surface area contributed by atoms with Crippen molar-refractivity contribution in [2.24, 2.45) is 5.92 Å². The van der Waals surface area contributed by atoms with Crippen LogP contribution in [-0.4, -0.2) is 41.2 Å². The molecule has 9 heteroatoms. The number of nitrogens with two attached hydrogens (primary N) is 1. The first-order valence-electron chi connectivity index (χ1n) is 12.7. The van der Waals surface area contributed by atoms with E-state index in [4.69, 9.17) is 27.5 Å². The lowest BCUT2D eigenvalue weighted by Crippen LogP contribution is -2.45. The van der Waals surface area contributed by atoms with Gasteiger partial charge in [-0.1, -0.05) is 48.0 Å². The molecule has 0 radical (unpaired) electrons. The number of Topliss-reactive ketones (excluding diaryl/α,β-unsaturated/α-hetero) is 1. The van der Waals surface area contributed by atoms with E-state index in [2.05, 4.69) is 10.6 Å². The summed E-state index contributed by atoms with van der Waals surface area (Å²) in [7, 11) is 0. The number of anilines is 1. The third-order valence-electron chi connectivity index (χ3n) is 6.90. The van der Waals surface area contributed by atoms with Gasteiger partial charge in [-0.3, -0.25) is 15.5 Å². The highest BCUT2D eigenvalue weighted by Gasteiger charge is 2.25. The number of hydrogen-bond acceptors (Lipinski definition) is 6. The standard InChI is InChI=1S/C28H37ClN4O4/c1-17-14-20(15-23(29)26(17)30)16-24(18(2)34)37-25(35)13-10-19-8-11-22(12-9-19)32-28(36)33-27(31)21-6-4-3-5-7-21/h3-7,14-15,19,22,24-25,35H,8-13,16,30H2,1-2H3,(H3,31,32,33,36)/t19?,22?,24-,25?/m1/s1. The number of hydrogen-bond donors (Lipinski definition) is 5. The average molecular weight is 529 g/mol. The van der Waals surface area contributed by atoms with Gasteiger partial charge in [0.1, 0.15) is 11.9 Å². The number of carbonyl (C=O) groups excluding carboxylic acids is 2. The molecule has 0 saturated heterocycles. The fourth-order valence-electron chi connectivity index (χ4n) is 4.69. The molecule has 0 bridgehead atoms. The SMILES string of the molecule is CC(=O)[C@@H](Cc1cc(C)c(N)c(Cl)c1)OC(O)CCC1CCC(NC(=O)NC(=N)c2ccccc2)CC1. The Morgan fingerprint density at radius 2 is 1.86 bits per heavy atom. The number of ketones is 1. The minimum Gasteiger partial charge on any atom is -0.397 e. The van der Waals surface area contributed by atoms with Crippen LogP contribution in [0.3, 0.4) is 0 Å². The molecule has 2 atom stereocenters. The molecule has 8 nitrogen and oxygen atoms in total. The van der Waals surface area contributed by atoms with Crippen LogP contribution in [0, 0.1) is 18.3 Å². The summed E-state index contributed by atoms with van der Waals surface area (Å²) in [5.41, 5.74) is 8.74. The molecule has 3 rings (SSSR count). The maximum absolute atomic E-state index is 12.3. The third-order valence-corrected chi connectivity index (χ3v) is 7.21. The Morgan fingerprint density at radius 1 is 1.19 bits per heavy atom.